The molecule has 0 unspecified atom stereocenters. The number of nitrogens with one attached hydrogen (secondary N) is 2. The first-order valence-corrected chi connectivity index (χ1v) is 9.03. The molecular weight excluding hydrogens is 435 g/mol. The van der Waals surface area contributed by atoms with Crippen molar-refractivity contribution < 1.29 is 36.3 Å². The topological polar surface area (TPSA) is 67.4 Å². The molecule has 3 amide bonds. The van der Waals surface area contributed by atoms with E-state index in [9.17, 15) is 31.5 Å². The predicted molar refractivity (Wildman–Crippen MR) is 106 cm³/mol. The quantitative estimate of drug-likeness (QED) is 0.417. The van der Waals surface area contributed by atoms with Crippen LogP contribution in [0.1, 0.15) is 15.9 Å². The lowest BCUT2D eigenvalue weighted by Crippen LogP contribution is -2.35. The van der Waals surface area contributed by atoms with Crippen molar-refractivity contribution in [3.05, 3.63) is 82.7 Å². The molecule has 0 aromatic heterocycles. The van der Waals surface area contributed by atoms with E-state index in [4.69, 9.17) is 4.74 Å². The minimum atomic E-state index is -1.65. The summed E-state index contributed by atoms with van der Waals surface area (Å²) in [7, 11) is 1.25. The zero-order valence-corrected chi connectivity index (χ0v) is 16.7. The third-order valence-corrected chi connectivity index (χ3v) is 4.60. The largest absolute Gasteiger partial charge is 0.496 e. The van der Waals surface area contributed by atoms with Crippen LogP contribution in [0.5, 0.6) is 5.75 Å². The number of methoxy groups -OCH3 is 1. The Morgan fingerprint density at radius 2 is 1.44 bits per heavy atom. The number of carbonyl (C=O) groups excluding carboxylic acids is 2. The van der Waals surface area contributed by atoms with E-state index in [0.717, 1.165) is 30.3 Å². The van der Waals surface area contributed by atoms with Crippen molar-refractivity contribution in [1.82, 2.24) is 5.32 Å². The molecule has 0 bridgehead atoms. The molecule has 3 aromatic rings. The number of ether oxygens (including phenoxy) is 1. The Morgan fingerprint density at radius 3 is 2.06 bits per heavy atom. The Balaban J connectivity index is 1.88. The minimum Gasteiger partial charge on any atom is -0.496 e. The molecule has 2 N–H and O–H groups in total. The van der Waals surface area contributed by atoms with Crippen molar-refractivity contribution in [2.45, 2.75) is 6.92 Å². The Bertz CT molecular complexity index is 1210. The van der Waals surface area contributed by atoms with Crippen LogP contribution < -0.4 is 15.4 Å². The average Bonchev–Trinajstić information content (AvgIpc) is 2.73. The Morgan fingerprint density at radius 1 is 0.812 bits per heavy atom. The third kappa shape index (κ3) is 4.25. The molecule has 0 aliphatic carbocycles. The monoisotopic (exact) mass is 450 g/mol. The lowest BCUT2D eigenvalue weighted by molar-refractivity contribution is 0.0959. The van der Waals surface area contributed by atoms with E-state index in [0.29, 0.717) is 0 Å². The molecule has 5 nitrogen and oxygen atoms in total. The van der Waals surface area contributed by atoms with Gasteiger partial charge in [0.25, 0.3) is 5.91 Å². The number of hydrogen-bond acceptors (Lipinski definition) is 3. The number of halogens is 5. The molecular formula is C22H15F5N2O3. The van der Waals surface area contributed by atoms with E-state index in [-0.39, 0.29) is 28.1 Å². The normalized spacial score (nSPS) is 10.6. The molecule has 0 atom stereocenters. The van der Waals surface area contributed by atoms with E-state index >= 15 is 0 Å². The highest BCUT2D eigenvalue weighted by Crippen LogP contribution is 2.38. The highest BCUT2D eigenvalue weighted by Gasteiger charge is 2.22. The maximum atomic E-state index is 14.2. The van der Waals surface area contributed by atoms with Gasteiger partial charge in [-0.25, -0.2) is 26.7 Å². The van der Waals surface area contributed by atoms with Gasteiger partial charge in [0.05, 0.1) is 7.11 Å². The first-order chi connectivity index (χ1) is 15.1. The number of anilines is 1. The molecule has 0 saturated carbocycles. The molecule has 0 aliphatic rings. The molecule has 0 radical (unpaired) electrons. The van der Waals surface area contributed by atoms with Gasteiger partial charge >= 0.3 is 6.03 Å². The van der Waals surface area contributed by atoms with Crippen molar-refractivity contribution in [1.29, 1.82) is 0 Å². The van der Waals surface area contributed by atoms with E-state index in [1.54, 1.807) is 5.32 Å². The summed E-state index contributed by atoms with van der Waals surface area (Å²) < 4.78 is 73.8. The number of imide groups is 1. The third-order valence-electron chi connectivity index (χ3n) is 4.60. The molecule has 3 rings (SSSR count). The summed E-state index contributed by atoms with van der Waals surface area (Å²) >= 11 is 0. The Hall–Kier alpha value is -3.95. The number of amides is 3. The van der Waals surface area contributed by atoms with Crippen LogP contribution in [-0.4, -0.2) is 19.0 Å². The summed E-state index contributed by atoms with van der Waals surface area (Å²) in [6.07, 6.45) is 0. The first kappa shape index (κ1) is 22.7. The summed E-state index contributed by atoms with van der Waals surface area (Å²) in [6, 6.07) is 6.07. The Kier molecular flexibility index (Phi) is 6.42. The second kappa shape index (κ2) is 9.04. The number of hydrogen-bond donors (Lipinski definition) is 2. The van der Waals surface area contributed by atoms with Crippen LogP contribution in [0, 0.1) is 36.0 Å². The maximum absolute atomic E-state index is 14.2. The van der Waals surface area contributed by atoms with Crippen LogP contribution in [0.3, 0.4) is 0 Å². The summed E-state index contributed by atoms with van der Waals surface area (Å²) in [5.74, 6) is -7.98. The second-order valence-corrected chi connectivity index (χ2v) is 6.55. The van der Waals surface area contributed by atoms with E-state index in [1.165, 1.54) is 26.2 Å². The van der Waals surface area contributed by atoms with Crippen LogP contribution in [0.2, 0.25) is 0 Å². The summed E-state index contributed by atoms with van der Waals surface area (Å²) in [4.78, 5) is 24.2. The summed E-state index contributed by atoms with van der Waals surface area (Å²) in [5, 5.41) is 4.11. The van der Waals surface area contributed by atoms with Crippen molar-refractivity contribution in [2.24, 2.45) is 0 Å². The van der Waals surface area contributed by atoms with Crippen molar-refractivity contribution >= 4 is 17.6 Å². The highest BCUT2D eigenvalue weighted by atomic mass is 19.2. The fourth-order valence-corrected chi connectivity index (χ4v) is 3.07. The highest BCUT2D eigenvalue weighted by molar-refractivity contribution is 6.08. The van der Waals surface area contributed by atoms with Crippen molar-refractivity contribution in [3.8, 4) is 16.9 Å². The molecule has 0 heterocycles. The standard InChI is InChI=1S/C22H15F5N2O3/c1-10-16(28-22(31)29-21(30)17-13(23)4-3-5-14(17)24)9-7-12(20(10)32-2)11-6-8-15(25)19(27)18(11)26/h3-9H,1-2H3,(H2,28,29,30,31). The summed E-state index contributed by atoms with van der Waals surface area (Å²) in [5.41, 5.74) is -0.760. The number of carbonyl (C=O) groups is 2. The Labute approximate surface area is 178 Å². The van der Waals surface area contributed by atoms with Crippen LogP contribution in [-0.2, 0) is 0 Å². The molecule has 32 heavy (non-hydrogen) atoms. The fraction of sp³-hybridized carbons (Fsp3) is 0.0909. The van der Waals surface area contributed by atoms with Gasteiger partial charge in [-0.3, -0.25) is 10.1 Å². The lowest BCUT2D eigenvalue weighted by Gasteiger charge is -2.17. The maximum Gasteiger partial charge on any atom is 0.326 e. The van der Waals surface area contributed by atoms with Crippen LogP contribution in [0.4, 0.5) is 32.4 Å². The van der Waals surface area contributed by atoms with Gasteiger partial charge in [0.1, 0.15) is 22.9 Å². The SMILES string of the molecule is COc1c(-c2ccc(F)c(F)c2F)ccc(NC(=O)NC(=O)c2c(F)cccc2F)c1C. The van der Waals surface area contributed by atoms with Crippen LogP contribution >= 0.6 is 0 Å². The molecule has 166 valence electrons. The lowest BCUT2D eigenvalue weighted by atomic mass is 9.99. The van der Waals surface area contributed by atoms with Gasteiger partial charge in [-0.15, -0.1) is 0 Å². The van der Waals surface area contributed by atoms with Crippen molar-refractivity contribution in [3.63, 3.8) is 0 Å². The zero-order valence-electron chi connectivity index (χ0n) is 16.7. The van der Waals surface area contributed by atoms with Gasteiger partial charge in [0.2, 0.25) is 0 Å². The molecule has 3 aromatic carbocycles. The average molecular weight is 450 g/mol. The first-order valence-electron chi connectivity index (χ1n) is 9.03. The van der Waals surface area contributed by atoms with Gasteiger partial charge < -0.3 is 10.1 Å². The smallest absolute Gasteiger partial charge is 0.326 e. The predicted octanol–water partition coefficient (Wildman–Crippen LogP) is 5.33. The molecule has 10 heteroatoms. The van der Waals surface area contributed by atoms with Crippen molar-refractivity contribution in [2.75, 3.05) is 12.4 Å². The summed E-state index contributed by atoms with van der Waals surface area (Å²) in [6.45, 7) is 1.48. The minimum absolute atomic E-state index is 0.0409. The van der Waals surface area contributed by atoms with E-state index in [2.05, 4.69) is 5.32 Å². The van der Waals surface area contributed by atoms with Gasteiger partial charge in [-0.1, -0.05) is 6.07 Å². The molecule has 0 fully saturated rings. The number of benzene rings is 3. The van der Waals surface area contributed by atoms with Gasteiger partial charge in [-0.2, -0.15) is 0 Å². The number of urea groups is 1. The van der Waals surface area contributed by atoms with Crippen LogP contribution in [0.25, 0.3) is 11.1 Å². The zero-order chi connectivity index (χ0) is 23.6. The molecule has 0 saturated heterocycles. The molecule has 0 spiro atoms. The van der Waals surface area contributed by atoms with Gasteiger partial charge in [0.15, 0.2) is 17.5 Å². The molecule has 0 aliphatic heterocycles. The second-order valence-electron chi connectivity index (χ2n) is 6.55. The van der Waals surface area contributed by atoms with Crippen LogP contribution in [0.15, 0.2) is 42.5 Å². The van der Waals surface area contributed by atoms with Gasteiger partial charge in [-0.05, 0) is 43.3 Å². The number of rotatable bonds is 4. The fourth-order valence-electron chi connectivity index (χ4n) is 3.07. The van der Waals surface area contributed by atoms with Gasteiger partial charge in [0, 0.05) is 22.4 Å². The van der Waals surface area contributed by atoms with E-state index < -0.39 is 46.6 Å². The van der Waals surface area contributed by atoms with E-state index in [1.807, 2.05) is 0 Å².